The molecule has 1 aromatic rings. The lowest BCUT2D eigenvalue weighted by Crippen LogP contribution is -2.16. The molecule has 0 bridgehead atoms. The minimum Gasteiger partial charge on any atom is -0.0847 e. The standard InChI is InChI=1S/C23H34/c1-10-17(2)12-11-13-18(3)19-14-20(22(4,5)6)16-21(15-19)23(7,8)9/h10-16H,1-9H3/b12-11+,17-10+,18-13?. The van der Waals surface area contributed by atoms with E-state index in [1.165, 1.54) is 27.8 Å². The van der Waals surface area contributed by atoms with E-state index in [2.05, 4.69) is 105 Å². The Balaban J connectivity index is 3.35. The fraction of sp³-hybridized carbons (Fsp3) is 0.478. The second-order valence-corrected chi connectivity index (χ2v) is 8.54. The Labute approximate surface area is 144 Å². The van der Waals surface area contributed by atoms with Crippen molar-refractivity contribution in [3.8, 4) is 0 Å². The van der Waals surface area contributed by atoms with E-state index in [1.54, 1.807) is 0 Å². The normalized spacial score (nSPS) is 14.7. The van der Waals surface area contributed by atoms with Gasteiger partial charge in [-0.1, -0.05) is 89.6 Å². The van der Waals surface area contributed by atoms with Crippen molar-refractivity contribution in [2.45, 2.75) is 73.1 Å². The molecule has 126 valence electrons. The number of benzene rings is 1. The first-order valence-electron chi connectivity index (χ1n) is 8.59. The molecule has 0 aliphatic carbocycles. The van der Waals surface area contributed by atoms with Crippen molar-refractivity contribution in [2.24, 2.45) is 0 Å². The largest absolute Gasteiger partial charge is 0.0847 e. The van der Waals surface area contributed by atoms with E-state index in [1.807, 2.05) is 0 Å². The van der Waals surface area contributed by atoms with Crippen LogP contribution in [0, 0.1) is 0 Å². The van der Waals surface area contributed by atoms with Gasteiger partial charge in [0.15, 0.2) is 0 Å². The summed E-state index contributed by atoms with van der Waals surface area (Å²) in [6, 6.07) is 7.06. The third-order valence-electron chi connectivity index (χ3n) is 4.28. The molecule has 1 rings (SSSR count). The highest BCUT2D eigenvalue weighted by atomic mass is 14.2. The van der Waals surface area contributed by atoms with Crippen molar-refractivity contribution in [2.75, 3.05) is 0 Å². The smallest absolute Gasteiger partial charge is 0.0132 e. The molecule has 0 heteroatoms. The van der Waals surface area contributed by atoms with E-state index in [-0.39, 0.29) is 10.8 Å². The van der Waals surface area contributed by atoms with E-state index in [9.17, 15) is 0 Å². The highest BCUT2D eigenvalue weighted by Gasteiger charge is 2.20. The van der Waals surface area contributed by atoms with Gasteiger partial charge in [0, 0.05) is 0 Å². The van der Waals surface area contributed by atoms with Crippen LogP contribution in [0.3, 0.4) is 0 Å². The summed E-state index contributed by atoms with van der Waals surface area (Å²) in [4.78, 5) is 0. The van der Waals surface area contributed by atoms with Gasteiger partial charge in [0.2, 0.25) is 0 Å². The third-order valence-corrected chi connectivity index (χ3v) is 4.28. The molecule has 0 aromatic heterocycles. The van der Waals surface area contributed by atoms with Crippen LogP contribution in [0.1, 0.15) is 79.0 Å². The van der Waals surface area contributed by atoms with E-state index in [0.717, 1.165) is 0 Å². The molecule has 0 saturated carbocycles. The van der Waals surface area contributed by atoms with Crippen LogP contribution >= 0.6 is 0 Å². The monoisotopic (exact) mass is 310 g/mol. The lowest BCUT2D eigenvalue weighted by atomic mass is 9.79. The highest BCUT2D eigenvalue weighted by Crippen LogP contribution is 2.32. The van der Waals surface area contributed by atoms with Gasteiger partial charge in [0.25, 0.3) is 0 Å². The summed E-state index contributed by atoms with van der Waals surface area (Å²) < 4.78 is 0. The summed E-state index contributed by atoms with van der Waals surface area (Å²) >= 11 is 0. The van der Waals surface area contributed by atoms with E-state index >= 15 is 0 Å². The molecule has 0 radical (unpaired) electrons. The van der Waals surface area contributed by atoms with Crippen molar-refractivity contribution < 1.29 is 0 Å². The van der Waals surface area contributed by atoms with E-state index in [0.29, 0.717) is 0 Å². The van der Waals surface area contributed by atoms with Crippen LogP contribution in [0.2, 0.25) is 0 Å². The van der Waals surface area contributed by atoms with Gasteiger partial charge in [-0.3, -0.25) is 0 Å². The number of hydrogen-bond donors (Lipinski definition) is 0. The second-order valence-electron chi connectivity index (χ2n) is 8.54. The van der Waals surface area contributed by atoms with Gasteiger partial charge in [-0.05, 0) is 53.9 Å². The van der Waals surface area contributed by atoms with Gasteiger partial charge in [-0.2, -0.15) is 0 Å². The number of rotatable bonds is 3. The zero-order valence-corrected chi connectivity index (χ0v) is 16.5. The van der Waals surface area contributed by atoms with Crippen molar-refractivity contribution in [1.82, 2.24) is 0 Å². The third kappa shape index (κ3) is 5.86. The topological polar surface area (TPSA) is 0 Å². The predicted molar refractivity (Wildman–Crippen MR) is 106 cm³/mol. The summed E-state index contributed by atoms with van der Waals surface area (Å²) in [6.45, 7) is 20.1. The molecule has 0 aliphatic heterocycles. The van der Waals surface area contributed by atoms with E-state index in [4.69, 9.17) is 0 Å². The van der Waals surface area contributed by atoms with Crippen molar-refractivity contribution in [3.05, 3.63) is 64.8 Å². The lowest BCUT2D eigenvalue weighted by molar-refractivity contribution is 0.568. The van der Waals surface area contributed by atoms with Crippen LogP contribution in [0.5, 0.6) is 0 Å². The molecule has 0 aliphatic rings. The SMILES string of the molecule is C/C=C(C)/C=C/C=C(C)c1cc(C(C)(C)C)cc(C(C)(C)C)c1. The molecular weight excluding hydrogens is 276 g/mol. The minimum absolute atomic E-state index is 0.160. The first-order valence-corrected chi connectivity index (χ1v) is 8.59. The molecule has 0 fully saturated rings. The zero-order valence-electron chi connectivity index (χ0n) is 16.5. The van der Waals surface area contributed by atoms with E-state index < -0.39 is 0 Å². The number of allylic oxidation sites excluding steroid dienone is 6. The maximum Gasteiger partial charge on any atom is -0.0132 e. The van der Waals surface area contributed by atoms with Crippen LogP contribution in [0.25, 0.3) is 5.57 Å². The van der Waals surface area contributed by atoms with Crippen LogP contribution < -0.4 is 0 Å². The molecule has 23 heavy (non-hydrogen) atoms. The molecule has 0 nitrogen and oxygen atoms in total. The molecule has 0 saturated heterocycles. The average Bonchev–Trinajstić information content (AvgIpc) is 2.44. The minimum atomic E-state index is 0.160. The zero-order chi connectivity index (χ0) is 17.8. The molecule has 1 aromatic carbocycles. The lowest BCUT2D eigenvalue weighted by Gasteiger charge is -2.26. The van der Waals surface area contributed by atoms with Crippen LogP contribution in [0.4, 0.5) is 0 Å². The average molecular weight is 311 g/mol. The van der Waals surface area contributed by atoms with Crippen LogP contribution in [-0.4, -0.2) is 0 Å². The van der Waals surface area contributed by atoms with Crippen LogP contribution in [-0.2, 0) is 10.8 Å². The Morgan fingerprint density at radius 2 is 1.30 bits per heavy atom. The second kappa shape index (κ2) is 7.34. The maximum atomic E-state index is 2.37. The summed E-state index contributed by atoms with van der Waals surface area (Å²) in [5.74, 6) is 0. The Bertz CT molecular complexity index is 591. The van der Waals surface area contributed by atoms with Gasteiger partial charge in [0.1, 0.15) is 0 Å². The van der Waals surface area contributed by atoms with Gasteiger partial charge >= 0.3 is 0 Å². The molecule has 0 spiro atoms. The predicted octanol–water partition coefficient (Wildman–Crippen LogP) is 7.21. The molecule has 0 amide bonds. The first kappa shape index (κ1) is 19.5. The Morgan fingerprint density at radius 3 is 1.70 bits per heavy atom. The Hall–Kier alpha value is -1.56. The van der Waals surface area contributed by atoms with Crippen molar-refractivity contribution in [3.63, 3.8) is 0 Å². The van der Waals surface area contributed by atoms with Crippen LogP contribution in [0.15, 0.2) is 48.1 Å². The Kier molecular flexibility index (Phi) is 6.22. The van der Waals surface area contributed by atoms with Crippen molar-refractivity contribution in [1.29, 1.82) is 0 Å². The van der Waals surface area contributed by atoms with Gasteiger partial charge in [0.05, 0.1) is 0 Å². The summed E-state index contributed by atoms with van der Waals surface area (Å²) in [7, 11) is 0. The summed E-state index contributed by atoms with van der Waals surface area (Å²) in [6.07, 6.45) is 8.63. The fourth-order valence-corrected chi connectivity index (χ4v) is 2.26. The fourth-order valence-electron chi connectivity index (χ4n) is 2.26. The van der Waals surface area contributed by atoms with Gasteiger partial charge < -0.3 is 0 Å². The summed E-state index contributed by atoms with van der Waals surface area (Å²) in [5.41, 5.74) is 7.05. The quantitative estimate of drug-likeness (QED) is 0.517. The maximum absolute atomic E-state index is 2.37. The molecule has 0 heterocycles. The van der Waals surface area contributed by atoms with Gasteiger partial charge in [-0.15, -0.1) is 0 Å². The molecule has 0 N–H and O–H groups in total. The van der Waals surface area contributed by atoms with Gasteiger partial charge in [-0.25, -0.2) is 0 Å². The van der Waals surface area contributed by atoms with Crippen molar-refractivity contribution >= 4 is 5.57 Å². The molecular formula is C23H34. The highest BCUT2D eigenvalue weighted by molar-refractivity contribution is 5.67. The molecule has 0 atom stereocenters. The Morgan fingerprint density at radius 1 is 0.826 bits per heavy atom. The summed E-state index contributed by atoms with van der Waals surface area (Å²) in [5, 5.41) is 0. The first-order chi connectivity index (χ1) is 10.4. The molecule has 0 unspecified atom stereocenters. The number of hydrogen-bond acceptors (Lipinski definition) is 0.